The first-order chi connectivity index (χ1) is 13.7. The van der Waals surface area contributed by atoms with E-state index in [9.17, 15) is 9.90 Å². The smallest absolute Gasteiger partial charge is 0.339 e. The number of nitrogens with one attached hydrogen (secondary N) is 1. The fourth-order valence-corrected chi connectivity index (χ4v) is 3.46. The van der Waals surface area contributed by atoms with Gasteiger partial charge in [0.25, 0.3) is 0 Å². The van der Waals surface area contributed by atoms with Gasteiger partial charge in [0.1, 0.15) is 11.4 Å². The van der Waals surface area contributed by atoms with Crippen molar-refractivity contribution >= 4 is 35.3 Å². The van der Waals surface area contributed by atoms with Crippen LogP contribution in [0.1, 0.15) is 27.9 Å². The van der Waals surface area contributed by atoms with E-state index >= 15 is 0 Å². The highest BCUT2D eigenvalue weighted by Crippen LogP contribution is 2.36. The summed E-state index contributed by atoms with van der Waals surface area (Å²) in [4.78, 5) is 17.8. The molecule has 3 aromatic rings. The quantitative estimate of drug-likeness (QED) is 0.603. The first kappa shape index (κ1) is 17.8. The number of hydrogen-bond donors (Lipinski definition) is 2. The normalized spacial score (nSPS) is 12.1. The number of carbonyl (C=O) groups is 1. The van der Waals surface area contributed by atoms with Crippen molar-refractivity contribution < 1.29 is 9.90 Å². The molecule has 0 unspecified atom stereocenters. The average Bonchev–Trinajstić information content (AvgIpc) is 2.88. The minimum atomic E-state index is -0.975. The van der Waals surface area contributed by atoms with Crippen molar-refractivity contribution in [3.05, 3.63) is 83.6 Å². The van der Waals surface area contributed by atoms with Gasteiger partial charge in [-0.2, -0.15) is 0 Å². The van der Waals surface area contributed by atoms with E-state index in [0.717, 1.165) is 13.0 Å². The van der Waals surface area contributed by atoms with Crippen LogP contribution >= 0.6 is 0 Å². The van der Waals surface area contributed by atoms with Crippen LogP contribution in [0.25, 0.3) is 12.2 Å². The Bertz CT molecular complexity index is 980. The predicted molar refractivity (Wildman–Crippen MR) is 113 cm³/mol. The summed E-state index contributed by atoms with van der Waals surface area (Å²) in [7, 11) is 0. The van der Waals surface area contributed by atoms with Gasteiger partial charge in [-0.25, -0.2) is 9.78 Å². The summed E-state index contributed by atoms with van der Waals surface area (Å²) in [6, 6.07) is 19.9. The van der Waals surface area contributed by atoms with E-state index in [4.69, 9.17) is 0 Å². The minimum Gasteiger partial charge on any atom is -0.478 e. The molecule has 5 nitrogen and oxygen atoms in total. The van der Waals surface area contributed by atoms with E-state index in [2.05, 4.69) is 63.8 Å². The lowest BCUT2D eigenvalue weighted by Crippen LogP contribution is -2.22. The molecular formula is C23H21N3O2. The fourth-order valence-electron chi connectivity index (χ4n) is 3.46. The van der Waals surface area contributed by atoms with Crippen molar-refractivity contribution in [2.75, 3.05) is 23.3 Å². The number of aromatic nitrogens is 1. The molecule has 4 rings (SSSR count). The highest BCUT2D eigenvalue weighted by molar-refractivity contribution is 5.93. The van der Waals surface area contributed by atoms with Crippen LogP contribution in [0.5, 0.6) is 0 Å². The number of aromatic carboxylic acids is 1. The molecule has 0 bridgehead atoms. The van der Waals surface area contributed by atoms with E-state index < -0.39 is 5.97 Å². The Morgan fingerprint density at radius 2 is 1.57 bits per heavy atom. The molecule has 0 fully saturated rings. The lowest BCUT2D eigenvalue weighted by atomic mass is 10.1. The standard InChI is InChI=1S/C23H21N3O2/c27-23(28)19-9-5-14-24-22(19)25-15-6-16-26-20-10-3-1-7-17(20)12-13-18-8-2-4-11-21(18)26/h1-5,7-14H,6,15-16H2,(H,24,25)(H,27,28). The van der Waals surface area contributed by atoms with E-state index in [1.54, 1.807) is 18.3 Å². The van der Waals surface area contributed by atoms with Gasteiger partial charge in [0.05, 0.1) is 0 Å². The molecule has 0 spiro atoms. The Balaban J connectivity index is 1.51. The predicted octanol–water partition coefficient (Wildman–Crippen LogP) is 4.90. The number of pyridine rings is 1. The number of para-hydroxylation sites is 2. The zero-order valence-corrected chi connectivity index (χ0v) is 15.4. The SMILES string of the molecule is O=C(O)c1cccnc1NCCCN1c2ccccc2C=Cc2ccccc21. The number of fused-ring (bicyclic) bond motifs is 2. The summed E-state index contributed by atoms with van der Waals surface area (Å²) in [5.41, 5.74) is 4.91. The first-order valence-corrected chi connectivity index (χ1v) is 9.30. The molecule has 0 saturated carbocycles. The second-order valence-corrected chi connectivity index (χ2v) is 6.59. The van der Waals surface area contributed by atoms with E-state index in [1.165, 1.54) is 22.5 Å². The van der Waals surface area contributed by atoms with Gasteiger partial charge in [-0.15, -0.1) is 0 Å². The third kappa shape index (κ3) is 3.60. The first-order valence-electron chi connectivity index (χ1n) is 9.30. The summed E-state index contributed by atoms with van der Waals surface area (Å²) in [5.74, 6) is -0.564. The molecule has 1 aliphatic rings. The summed E-state index contributed by atoms with van der Waals surface area (Å²) < 4.78 is 0. The molecule has 1 aliphatic heterocycles. The highest BCUT2D eigenvalue weighted by Gasteiger charge is 2.17. The van der Waals surface area contributed by atoms with Crippen LogP contribution in [0.2, 0.25) is 0 Å². The lowest BCUT2D eigenvalue weighted by molar-refractivity contribution is 0.0697. The molecule has 2 aromatic carbocycles. The number of rotatable bonds is 6. The average molecular weight is 371 g/mol. The fraction of sp³-hybridized carbons (Fsp3) is 0.130. The number of carboxylic acids is 1. The van der Waals surface area contributed by atoms with E-state index in [1.807, 2.05) is 12.1 Å². The van der Waals surface area contributed by atoms with Gasteiger partial charge in [-0.05, 0) is 41.8 Å². The monoisotopic (exact) mass is 371 g/mol. The summed E-state index contributed by atoms with van der Waals surface area (Å²) in [6.07, 6.45) is 6.74. The maximum atomic E-state index is 11.3. The Morgan fingerprint density at radius 3 is 2.21 bits per heavy atom. The number of carboxylic acid groups (broad SMARTS) is 1. The van der Waals surface area contributed by atoms with Crippen molar-refractivity contribution in [1.29, 1.82) is 0 Å². The molecule has 5 heteroatoms. The molecule has 0 aliphatic carbocycles. The van der Waals surface area contributed by atoms with Gasteiger partial charge in [0.2, 0.25) is 0 Å². The summed E-state index contributed by atoms with van der Waals surface area (Å²) >= 11 is 0. The van der Waals surface area contributed by atoms with Crippen molar-refractivity contribution in [2.45, 2.75) is 6.42 Å². The van der Waals surface area contributed by atoms with Gasteiger partial charge in [0, 0.05) is 30.7 Å². The zero-order chi connectivity index (χ0) is 19.3. The van der Waals surface area contributed by atoms with Crippen LogP contribution in [-0.4, -0.2) is 29.1 Å². The Kier molecular flexibility index (Phi) is 5.06. The number of hydrogen-bond acceptors (Lipinski definition) is 4. The van der Waals surface area contributed by atoms with Crippen molar-refractivity contribution in [3.8, 4) is 0 Å². The second kappa shape index (κ2) is 7.96. The molecule has 1 aromatic heterocycles. The van der Waals surface area contributed by atoms with Crippen LogP contribution in [0.4, 0.5) is 17.2 Å². The maximum absolute atomic E-state index is 11.3. The van der Waals surface area contributed by atoms with Gasteiger partial charge in [0.15, 0.2) is 0 Å². The molecule has 28 heavy (non-hydrogen) atoms. The largest absolute Gasteiger partial charge is 0.478 e. The van der Waals surface area contributed by atoms with Crippen LogP contribution in [0, 0.1) is 0 Å². The molecule has 0 atom stereocenters. The van der Waals surface area contributed by atoms with Crippen LogP contribution in [0.15, 0.2) is 66.9 Å². The zero-order valence-electron chi connectivity index (χ0n) is 15.4. The molecule has 2 heterocycles. The van der Waals surface area contributed by atoms with Gasteiger partial charge >= 0.3 is 5.97 Å². The van der Waals surface area contributed by atoms with E-state index in [0.29, 0.717) is 12.4 Å². The minimum absolute atomic E-state index is 0.192. The third-order valence-electron chi connectivity index (χ3n) is 4.79. The number of benzene rings is 2. The summed E-state index contributed by atoms with van der Waals surface area (Å²) in [5, 5.41) is 12.4. The van der Waals surface area contributed by atoms with Crippen molar-refractivity contribution in [1.82, 2.24) is 4.98 Å². The van der Waals surface area contributed by atoms with E-state index in [-0.39, 0.29) is 5.56 Å². The molecule has 0 radical (unpaired) electrons. The van der Waals surface area contributed by atoms with Gasteiger partial charge < -0.3 is 15.3 Å². The molecule has 0 saturated heterocycles. The topological polar surface area (TPSA) is 65.5 Å². The molecule has 0 amide bonds. The second-order valence-electron chi connectivity index (χ2n) is 6.59. The Hall–Kier alpha value is -3.60. The summed E-state index contributed by atoms with van der Waals surface area (Å²) in [6.45, 7) is 1.43. The van der Waals surface area contributed by atoms with Gasteiger partial charge in [-0.1, -0.05) is 48.6 Å². The lowest BCUT2D eigenvalue weighted by Gasteiger charge is -2.27. The van der Waals surface area contributed by atoms with Crippen LogP contribution < -0.4 is 10.2 Å². The molecule has 2 N–H and O–H groups in total. The molecular weight excluding hydrogens is 350 g/mol. The van der Waals surface area contributed by atoms with Crippen molar-refractivity contribution in [2.24, 2.45) is 0 Å². The molecule has 140 valence electrons. The van der Waals surface area contributed by atoms with Crippen LogP contribution in [0.3, 0.4) is 0 Å². The van der Waals surface area contributed by atoms with Gasteiger partial charge in [-0.3, -0.25) is 0 Å². The van der Waals surface area contributed by atoms with Crippen LogP contribution in [-0.2, 0) is 0 Å². The van der Waals surface area contributed by atoms with Crippen molar-refractivity contribution in [3.63, 3.8) is 0 Å². The third-order valence-corrected chi connectivity index (χ3v) is 4.79. The highest BCUT2D eigenvalue weighted by atomic mass is 16.4. The number of anilines is 3. The Morgan fingerprint density at radius 1 is 0.929 bits per heavy atom. The Labute approximate surface area is 164 Å². The number of nitrogens with zero attached hydrogens (tertiary/aromatic N) is 2. The maximum Gasteiger partial charge on any atom is 0.339 e.